The van der Waals surface area contributed by atoms with Gasteiger partial charge in [0, 0.05) is 16.3 Å². The molecule has 8 heteroatoms. The van der Waals surface area contributed by atoms with Crippen LogP contribution in [0.2, 0.25) is 0 Å². The fourth-order valence-corrected chi connectivity index (χ4v) is 3.62. The van der Waals surface area contributed by atoms with Crippen LogP contribution in [-0.2, 0) is 22.4 Å². The molecule has 3 rings (SSSR count). The third-order valence-corrected chi connectivity index (χ3v) is 4.90. The van der Waals surface area contributed by atoms with E-state index in [4.69, 9.17) is 0 Å². The Morgan fingerprint density at radius 1 is 1.00 bits per heavy atom. The van der Waals surface area contributed by atoms with Crippen molar-refractivity contribution in [2.75, 3.05) is 0 Å². The van der Waals surface area contributed by atoms with Gasteiger partial charge in [-0.1, -0.05) is 12.1 Å². The quantitative estimate of drug-likeness (QED) is 0.674. The van der Waals surface area contributed by atoms with E-state index in [2.05, 4.69) is 15.8 Å². The van der Waals surface area contributed by atoms with Crippen molar-refractivity contribution in [2.45, 2.75) is 12.8 Å². The zero-order valence-electron chi connectivity index (χ0n) is 13.0. The van der Waals surface area contributed by atoms with Crippen LogP contribution < -0.4 is 10.9 Å². The number of rotatable bonds is 5. The summed E-state index contributed by atoms with van der Waals surface area (Å²) in [5.41, 5.74) is 7.05. The van der Waals surface area contributed by atoms with Crippen molar-refractivity contribution in [1.82, 2.24) is 15.8 Å². The van der Waals surface area contributed by atoms with Gasteiger partial charge in [-0.3, -0.25) is 20.4 Å². The van der Waals surface area contributed by atoms with Crippen LogP contribution in [0, 0.1) is 5.82 Å². The second-order valence-electron chi connectivity index (χ2n) is 5.23. The largest absolute Gasteiger partial charge is 0.273 e. The molecule has 0 aliphatic rings. The summed E-state index contributed by atoms with van der Waals surface area (Å²) < 4.78 is 12.8. The number of nitrogens with one attached hydrogen (secondary N) is 2. The van der Waals surface area contributed by atoms with Crippen molar-refractivity contribution in [2.24, 2.45) is 0 Å². The number of carbonyl (C=O) groups is 2. The molecule has 0 saturated carbocycles. The van der Waals surface area contributed by atoms with E-state index in [1.807, 2.05) is 22.2 Å². The van der Waals surface area contributed by atoms with Crippen LogP contribution in [0.25, 0.3) is 10.6 Å². The SMILES string of the molecule is O=C(Cc1ccc(F)cc1)NNC(=O)Cc1csc(-c2ccsc2)n1. The van der Waals surface area contributed by atoms with Gasteiger partial charge < -0.3 is 0 Å². The summed E-state index contributed by atoms with van der Waals surface area (Å²) >= 11 is 3.06. The van der Waals surface area contributed by atoms with Gasteiger partial charge in [-0.25, -0.2) is 9.37 Å². The van der Waals surface area contributed by atoms with Gasteiger partial charge in [-0.05, 0) is 29.1 Å². The minimum atomic E-state index is -0.378. The summed E-state index contributed by atoms with van der Waals surface area (Å²) in [6.07, 6.45) is 0.136. The topological polar surface area (TPSA) is 71.1 Å². The van der Waals surface area contributed by atoms with Crippen molar-refractivity contribution in [1.29, 1.82) is 0 Å². The first-order valence-corrected chi connectivity index (χ1v) is 9.21. The van der Waals surface area contributed by atoms with Crippen molar-refractivity contribution in [3.05, 3.63) is 63.5 Å². The van der Waals surface area contributed by atoms with Crippen LogP contribution in [0.3, 0.4) is 0 Å². The molecule has 2 aromatic heterocycles. The first-order valence-electron chi connectivity index (χ1n) is 7.39. The Balaban J connectivity index is 1.46. The smallest absolute Gasteiger partial charge is 0.244 e. The summed E-state index contributed by atoms with van der Waals surface area (Å²) in [5.74, 6) is -1.09. The minimum Gasteiger partial charge on any atom is -0.273 e. The highest BCUT2D eigenvalue weighted by atomic mass is 32.1. The van der Waals surface area contributed by atoms with Crippen molar-refractivity contribution >= 4 is 34.5 Å². The van der Waals surface area contributed by atoms with Gasteiger partial charge in [0.05, 0.1) is 18.5 Å². The zero-order valence-corrected chi connectivity index (χ0v) is 14.6. The average molecular weight is 375 g/mol. The highest BCUT2D eigenvalue weighted by molar-refractivity contribution is 7.14. The molecule has 2 amide bonds. The fourth-order valence-electron chi connectivity index (χ4n) is 2.09. The number of carbonyl (C=O) groups excluding carboxylic acids is 2. The van der Waals surface area contributed by atoms with Gasteiger partial charge in [-0.15, -0.1) is 11.3 Å². The molecule has 128 valence electrons. The number of aromatic nitrogens is 1. The van der Waals surface area contributed by atoms with Crippen molar-refractivity contribution in [3.8, 4) is 10.6 Å². The Bertz CT molecular complexity index is 860. The average Bonchev–Trinajstić information content (AvgIpc) is 3.26. The molecule has 5 nitrogen and oxygen atoms in total. The maximum absolute atomic E-state index is 12.8. The molecule has 0 saturated heterocycles. The molecule has 0 unspecified atom stereocenters. The van der Waals surface area contributed by atoms with Crippen LogP contribution in [0.4, 0.5) is 4.39 Å². The van der Waals surface area contributed by atoms with Crippen LogP contribution in [0.1, 0.15) is 11.3 Å². The summed E-state index contributed by atoms with van der Waals surface area (Å²) in [6.45, 7) is 0. The van der Waals surface area contributed by atoms with E-state index in [1.165, 1.54) is 35.6 Å². The zero-order chi connectivity index (χ0) is 17.6. The first kappa shape index (κ1) is 17.2. The lowest BCUT2D eigenvalue weighted by Crippen LogP contribution is -2.43. The van der Waals surface area contributed by atoms with Gasteiger partial charge in [0.1, 0.15) is 10.8 Å². The molecule has 0 aliphatic heterocycles. The molecule has 1 aromatic carbocycles. The van der Waals surface area contributed by atoms with E-state index in [0.717, 1.165) is 10.6 Å². The minimum absolute atomic E-state index is 0.0551. The van der Waals surface area contributed by atoms with Gasteiger partial charge in [0.15, 0.2) is 0 Å². The summed E-state index contributed by atoms with van der Waals surface area (Å²) in [5, 5.41) is 6.66. The highest BCUT2D eigenvalue weighted by Gasteiger charge is 2.10. The Kier molecular flexibility index (Phi) is 5.52. The van der Waals surface area contributed by atoms with Gasteiger partial charge in [0.25, 0.3) is 0 Å². The Hall–Kier alpha value is -2.58. The summed E-state index contributed by atoms with van der Waals surface area (Å²) in [4.78, 5) is 28.1. The number of hydrogen-bond acceptors (Lipinski definition) is 5. The number of halogens is 1. The molecular weight excluding hydrogens is 361 g/mol. The molecule has 0 radical (unpaired) electrons. The predicted octanol–water partition coefficient (Wildman–Crippen LogP) is 2.94. The maximum atomic E-state index is 12.8. The second kappa shape index (κ2) is 8.00. The number of thiazole rings is 1. The second-order valence-corrected chi connectivity index (χ2v) is 6.87. The molecular formula is C17H14FN3O2S2. The normalized spacial score (nSPS) is 10.4. The number of nitrogens with zero attached hydrogens (tertiary/aromatic N) is 1. The lowest BCUT2D eigenvalue weighted by Gasteiger charge is -2.06. The lowest BCUT2D eigenvalue weighted by molar-refractivity contribution is -0.128. The van der Waals surface area contributed by atoms with E-state index >= 15 is 0 Å². The summed E-state index contributed by atoms with van der Waals surface area (Å²) in [6, 6.07) is 7.60. The Morgan fingerprint density at radius 2 is 1.72 bits per heavy atom. The third-order valence-electron chi connectivity index (χ3n) is 3.28. The molecule has 0 fully saturated rings. The lowest BCUT2D eigenvalue weighted by atomic mass is 10.1. The summed E-state index contributed by atoms with van der Waals surface area (Å²) in [7, 11) is 0. The monoisotopic (exact) mass is 375 g/mol. The number of thiophene rings is 1. The molecule has 25 heavy (non-hydrogen) atoms. The number of benzene rings is 1. The van der Waals surface area contributed by atoms with E-state index in [9.17, 15) is 14.0 Å². The van der Waals surface area contributed by atoms with Crippen LogP contribution in [0.5, 0.6) is 0 Å². The third kappa shape index (κ3) is 4.94. The Morgan fingerprint density at radius 3 is 2.40 bits per heavy atom. The van der Waals surface area contributed by atoms with E-state index < -0.39 is 0 Å². The predicted molar refractivity (Wildman–Crippen MR) is 95.5 cm³/mol. The molecule has 3 aromatic rings. The standard InChI is InChI=1S/C17H14FN3O2S2/c18-13-3-1-11(2-4-13)7-15(22)20-21-16(23)8-14-10-25-17(19-14)12-5-6-24-9-12/h1-6,9-10H,7-8H2,(H,20,22)(H,21,23). The van der Waals surface area contributed by atoms with Crippen molar-refractivity contribution in [3.63, 3.8) is 0 Å². The Labute approximate surface area is 151 Å². The molecule has 0 spiro atoms. The fraction of sp³-hybridized carbons (Fsp3) is 0.118. The number of hydrazine groups is 1. The molecule has 2 N–H and O–H groups in total. The molecule has 0 aliphatic carbocycles. The van der Waals surface area contributed by atoms with Crippen LogP contribution in [0.15, 0.2) is 46.5 Å². The number of amides is 2. The van der Waals surface area contributed by atoms with E-state index in [1.54, 1.807) is 11.3 Å². The van der Waals surface area contributed by atoms with Gasteiger partial charge >= 0.3 is 0 Å². The first-order chi connectivity index (χ1) is 12.1. The number of hydrogen-bond donors (Lipinski definition) is 2. The van der Waals surface area contributed by atoms with Crippen molar-refractivity contribution < 1.29 is 14.0 Å². The van der Waals surface area contributed by atoms with Gasteiger partial charge in [0.2, 0.25) is 11.8 Å². The molecule has 2 heterocycles. The molecule has 0 atom stereocenters. The van der Waals surface area contributed by atoms with E-state index in [-0.39, 0.29) is 30.5 Å². The maximum Gasteiger partial charge on any atom is 0.244 e. The van der Waals surface area contributed by atoms with Crippen LogP contribution in [-0.4, -0.2) is 16.8 Å². The highest BCUT2D eigenvalue weighted by Crippen LogP contribution is 2.25. The molecule has 0 bridgehead atoms. The van der Waals surface area contributed by atoms with Gasteiger partial charge in [-0.2, -0.15) is 11.3 Å². The van der Waals surface area contributed by atoms with E-state index in [0.29, 0.717) is 11.3 Å². The van der Waals surface area contributed by atoms with Crippen LogP contribution >= 0.6 is 22.7 Å².